The Labute approximate surface area is 101 Å². The normalized spacial score (nSPS) is 10.5. The molecule has 0 spiro atoms. The van der Waals surface area contributed by atoms with Crippen LogP contribution in [0, 0.1) is 3.57 Å². The number of halogens is 1. The van der Waals surface area contributed by atoms with E-state index in [4.69, 9.17) is 9.15 Å². The summed E-state index contributed by atoms with van der Waals surface area (Å²) < 4.78 is 11.3. The molecule has 0 amide bonds. The summed E-state index contributed by atoms with van der Waals surface area (Å²) in [4.78, 5) is 11.5. The average Bonchev–Trinajstić information content (AvgIpc) is 2.60. The van der Waals surface area contributed by atoms with E-state index >= 15 is 0 Å². The third-order valence-corrected chi connectivity index (χ3v) is 2.70. The number of rotatable bonds is 2. The summed E-state index contributed by atoms with van der Waals surface area (Å²) in [6, 6.07) is 5.69. The monoisotopic (exact) mass is 316 g/mol. The summed E-state index contributed by atoms with van der Waals surface area (Å²) in [7, 11) is 0. The maximum atomic E-state index is 11.5. The predicted octanol–water partition coefficient (Wildman–Crippen LogP) is 3.21. The summed E-state index contributed by atoms with van der Waals surface area (Å²) in [6.07, 6.45) is 1.44. The van der Waals surface area contributed by atoms with Crippen LogP contribution >= 0.6 is 22.6 Å². The number of furan rings is 1. The number of carbonyl (C=O) groups excluding carboxylic acids is 1. The zero-order valence-electron chi connectivity index (χ0n) is 8.12. The Hall–Kier alpha value is -1.04. The van der Waals surface area contributed by atoms with Crippen molar-refractivity contribution in [3.8, 4) is 0 Å². The predicted molar refractivity (Wildman–Crippen MR) is 64.9 cm³/mol. The van der Waals surface area contributed by atoms with Crippen LogP contribution in [0.5, 0.6) is 0 Å². The molecule has 0 unspecified atom stereocenters. The molecule has 1 aromatic heterocycles. The number of benzene rings is 1. The Morgan fingerprint density at radius 2 is 2.33 bits per heavy atom. The minimum atomic E-state index is -0.336. The van der Waals surface area contributed by atoms with E-state index in [1.807, 2.05) is 18.2 Å². The number of carbonyl (C=O) groups is 1. The number of ether oxygens (including phenoxy) is 1. The molecular formula is C11H9IO3. The maximum Gasteiger partial charge on any atom is 0.342 e. The van der Waals surface area contributed by atoms with Crippen LogP contribution in [0.1, 0.15) is 17.3 Å². The number of fused-ring (bicyclic) bond motifs is 1. The maximum absolute atomic E-state index is 11.5. The zero-order chi connectivity index (χ0) is 10.8. The smallest absolute Gasteiger partial charge is 0.342 e. The molecule has 4 heteroatoms. The molecule has 1 heterocycles. The lowest BCUT2D eigenvalue weighted by Gasteiger charge is -1.98. The van der Waals surface area contributed by atoms with Gasteiger partial charge in [-0.05, 0) is 47.7 Å². The summed E-state index contributed by atoms with van der Waals surface area (Å²) in [5.41, 5.74) is 1.20. The van der Waals surface area contributed by atoms with Crippen molar-refractivity contribution in [1.29, 1.82) is 0 Å². The number of hydrogen-bond acceptors (Lipinski definition) is 3. The van der Waals surface area contributed by atoms with Gasteiger partial charge in [-0.3, -0.25) is 0 Å². The van der Waals surface area contributed by atoms with Gasteiger partial charge in [0, 0.05) is 8.96 Å². The molecule has 0 fully saturated rings. The third-order valence-electron chi connectivity index (χ3n) is 2.03. The lowest BCUT2D eigenvalue weighted by molar-refractivity contribution is 0.0527. The first-order valence-electron chi connectivity index (χ1n) is 4.56. The van der Waals surface area contributed by atoms with Gasteiger partial charge in [-0.15, -0.1) is 0 Å². The van der Waals surface area contributed by atoms with E-state index in [0.717, 1.165) is 8.96 Å². The van der Waals surface area contributed by atoms with E-state index in [1.165, 1.54) is 6.26 Å². The molecule has 0 saturated heterocycles. The Balaban J connectivity index is 2.49. The molecule has 0 atom stereocenters. The van der Waals surface area contributed by atoms with Gasteiger partial charge in [-0.25, -0.2) is 4.79 Å². The lowest BCUT2D eigenvalue weighted by atomic mass is 10.2. The van der Waals surface area contributed by atoms with Gasteiger partial charge < -0.3 is 9.15 Å². The standard InChI is InChI=1S/C11H9IO3/c1-2-14-11(13)9-6-15-10-5-7(12)3-4-8(9)10/h3-6H,2H2,1H3. The van der Waals surface area contributed by atoms with Crippen LogP contribution in [0.25, 0.3) is 11.0 Å². The van der Waals surface area contributed by atoms with E-state index in [2.05, 4.69) is 22.6 Å². The summed E-state index contributed by atoms with van der Waals surface area (Å²) in [5, 5.41) is 0.800. The highest BCUT2D eigenvalue weighted by Gasteiger charge is 2.14. The van der Waals surface area contributed by atoms with Gasteiger partial charge in [0.2, 0.25) is 0 Å². The van der Waals surface area contributed by atoms with Gasteiger partial charge in [-0.1, -0.05) is 0 Å². The van der Waals surface area contributed by atoms with Gasteiger partial charge in [0.25, 0.3) is 0 Å². The Morgan fingerprint density at radius 1 is 1.53 bits per heavy atom. The quantitative estimate of drug-likeness (QED) is 0.631. The molecule has 0 saturated carbocycles. The Kier molecular flexibility index (Phi) is 2.95. The first-order valence-corrected chi connectivity index (χ1v) is 5.64. The first kappa shape index (κ1) is 10.5. The van der Waals surface area contributed by atoms with Crippen molar-refractivity contribution in [3.05, 3.63) is 33.6 Å². The van der Waals surface area contributed by atoms with Crippen molar-refractivity contribution >= 4 is 39.5 Å². The summed E-state index contributed by atoms with van der Waals surface area (Å²) in [5.74, 6) is -0.336. The van der Waals surface area contributed by atoms with Crippen molar-refractivity contribution in [2.24, 2.45) is 0 Å². The van der Waals surface area contributed by atoms with Crippen molar-refractivity contribution < 1.29 is 13.9 Å². The van der Waals surface area contributed by atoms with Gasteiger partial charge >= 0.3 is 5.97 Å². The van der Waals surface area contributed by atoms with Gasteiger partial charge in [-0.2, -0.15) is 0 Å². The van der Waals surface area contributed by atoms with E-state index in [-0.39, 0.29) is 5.97 Å². The van der Waals surface area contributed by atoms with Crippen molar-refractivity contribution in [3.63, 3.8) is 0 Å². The SMILES string of the molecule is CCOC(=O)c1coc2cc(I)ccc12. The number of hydrogen-bond donors (Lipinski definition) is 0. The highest BCUT2D eigenvalue weighted by Crippen LogP contribution is 2.23. The van der Waals surface area contributed by atoms with E-state index in [1.54, 1.807) is 6.92 Å². The fourth-order valence-electron chi connectivity index (χ4n) is 1.37. The second-order valence-corrected chi connectivity index (χ2v) is 4.26. The molecule has 0 bridgehead atoms. The average molecular weight is 316 g/mol. The molecule has 3 nitrogen and oxygen atoms in total. The highest BCUT2D eigenvalue weighted by atomic mass is 127. The van der Waals surface area contributed by atoms with Crippen LogP contribution in [-0.2, 0) is 4.74 Å². The Bertz CT molecular complexity index is 502. The van der Waals surface area contributed by atoms with Gasteiger partial charge in [0.05, 0.1) is 6.61 Å². The second kappa shape index (κ2) is 4.22. The fourth-order valence-corrected chi connectivity index (χ4v) is 1.83. The topological polar surface area (TPSA) is 39.4 Å². The first-order chi connectivity index (χ1) is 7.22. The van der Waals surface area contributed by atoms with E-state index in [9.17, 15) is 4.79 Å². The van der Waals surface area contributed by atoms with Gasteiger partial charge in [0.15, 0.2) is 0 Å². The summed E-state index contributed by atoms with van der Waals surface area (Å²) >= 11 is 2.19. The van der Waals surface area contributed by atoms with E-state index in [0.29, 0.717) is 17.8 Å². The molecular weight excluding hydrogens is 307 g/mol. The van der Waals surface area contributed by atoms with Crippen LogP contribution in [0.4, 0.5) is 0 Å². The van der Waals surface area contributed by atoms with Crippen molar-refractivity contribution in [2.75, 3.05) is 6.61 Å². The third kappa shape index (κ3) is 1.99. The van der Waals surface area contributed by atoms with Crippen LogP contribution in [0.3, 0.4) is 0 Å². The molecule has 2 aromatic rings. The molecule has 15 heavy (non-hydrogen) atoms. The van der Waals surface area contributed by atoms with Crippen molar-refractivity contribution in [2.45, 2.75) is 6.92 Å². The van der Waals surface area contributed by atoms with Crippen LogP contribution in [-0.4, -0.2) is 12.6 Å². The minimum Gasteiger partial charge on any atom is -0.463 e. The van der Waals surface area contributed by atoms with Crippen LogP contribution in [0.2, 0.25) is 0 Å². The molecule has 0 aliphatic heterocycles. The van der Waals surface area contributed by atoms with Gasteiger partial charge in [0.1, 0.15) is 17.4 Å². The molecule has 1 aromatic carbocycles. The van der Waals surface area contributed by atoms with Crippen LogP contribution < -0.4 is 0 Å². The molecule has 2 rings (SSSR count). The summed E-state index contributed by atoms with van der Waals surface area (Å²) in [6.45, 7) is 2.15. The van der Waals surface area contributed by atoms with E-state index < -0.39 is 0 Å². The molecule has 0 radical (unpaired) electrons. The largest absolute Gasteiger partial charge is 0.463 e. The molecule has 78 valence electrons. The van der Waals surface area contributed by atoms with Crippen molar-refractivity contribution in [1.82, 2.24) is 0 Å². The number of esters is 1. The molecule has 0 N–H and O–H groups in total. The fraction of sp³-hybridized carbons (Fsp3) is 0.182. The Morgan fingerprint density at radius 3 is 3.07 bits per heavy atom. The molecule has 0 aliphatic rings. The zero-order valence-corrected chi connectivity index (χ0v) is 10.3. The second-order valence-electron chi connectivity index (χ2n) is 3.01. The molecule has 0 aliphatic carbocycles. The van der Waals surface area contributed by atoms with Crippen LogP contribution in [0.15, 0.2) is 28.9 Å². The minimum absolute atomic E-state index is 0.336. The highest BCUT2D eigenvalue weighted by molar-refractivity contribution is 14.1. The lowest BCUT2D eigenvalue weighted by Crippen LogP contribution is -2.03.